The summed E-state index contributed by atoms with van der Waals surface area (Å²) in [6, 6.07) is 4.35. The van der Waals surface area contributed by atoms with Gasteiger partial charge in [-0.25, -0.2) is 0 Å². The zero-order valence-corrected chi connectivity index (χ0v) is 10.5. The minimum atomic E-state index is 0.471. The maximum absolute atomic E-state index is 4.20. The highest BCUT2D eigenvalue weighted by molar-refractivity contribution is 9.10. The maximum Gasteiger partial charge on any atom is 0.0640 e. The van der Waals surface area contributed by atoms with Gasteiger partial charge in [0, 0.05) is 16.7 Å². The van der Waals surface area contributed by atoms with Crippen molar-refractivity contribution in [3.05, 3.63) is 46.8 Å². The summed E-state index contributed by atoms with van der Waals surface area (Å²) in [5.41, 5.74) is 0.943. The van der Waals surface area contributed by atoms with Crippen LogP contribution >= 0.6 is 15.9 Å². The molecule has 80 valence electrons. The monoisotopic (exact) mass is 266 g/mol. The van der Waals surface area contributed by atoms with Crippen molar-refractivity contribution in [2.45, 2.75) is 19.9 Å². The molecule has 15 heavy (non-hydrogen) atoms. The van der Waals surface area contributed by atoms with E-state index in [1.165, 1.54) is 0 Å². The van der Waals surface area contributed by atoms with Gasteiger partial charge in [0.05, 0.1) is 5.69 Å². The van der Waals surface area contributed by atoms with E-state index >= 15 is 0 Å². The zero-order chi connectivity index (χ0) is 11.1. The maximum atomic E-state index is 4.20. The lowest BCUT2D eigenvalue weighted by Crippen LogP contribution is -2.14. The molecule has 0 aliphatic rings. The van der Waals surface area contributed by atoms with Crippen LogP contribution < -0.4 is 5.32 Å². The average Bonchev–Trinajstić information content (AvgIpc) is 2.17. The molecular formula is C12H15BrN2. The van der Waals surface area contributed by atoms with Crippen LogP contribution in [0, 0.1) is 0 Å². The molecule has 0 saturated heterocycles. The van der Waals surface area contributed by atoms with Gasteiger partial charge in [-0.05, 0) is 44.3 Å². The molecule has 0 bridgehead atoms. The molecule has 0 aliphatic carbocycles. The van der Waals surface area contributed by atoms with Crippen molar-refractivity contribution >= 4 is 22.0 Å². The van der Waals surface area contributed by atoms with E-state index in [2.05, 4.69) is 40.1 Å². The van der Waals surface area contributed by atoms with E-state index in [0.717, 1.165) is 10.2 Å². The van der Waals surface area contributed by atoms with Crippen LogP contribution in [-0.4, -0.2) is 11.0 Å². The second-order valence-corrected chi connectivity index (χ2v) is 4.35. The summed E-state index contributed by atoms with van der Waals surface area (Å²) in [5.74, 6) is 0. The minimum absolute atomic E-state index is 0.471. The Bertz CT molecular complexity index is 356. The van der Waals surface area contributed by atoms with Crippen LogP contribution in [-0.2, 0) is 0 Å². The van der Waals surface area contributed by atoms with E-state index in [9.17, 15) is 0 Å². The van der Waals surface area contributed by atoms with Crippen molar-refractivity contribution < 1.29 is 0 Å². The van der Waals surface area contributed by atoms with Crippen LogP contribution in [0.25, 0.3) is 6.08 Å². The van der Waals surface area contributed by atoms with Crippen molar-refractivity contribution in [1.82, 2.24) is 10.3 Å². The Morgan fingerprint density at radius 1 is 1.40 bits per heavy atom. The van der Waals surface area contributed by atoms with Crippen LogP contribution in [0.5, 0.6) is 0 Å². The van der Waals surface area contributed by atoms with E-state index in [-0.39, 0.29) is 0 Å². The lowest BCUT2D eigenvalue weighted by atomic mass is 10.3. The van der Waals surface area contributed by atoms with Crippen LogP contribution in [0.1, 0.15) is 19.5 Å². The fourth-order valence-electron chi connectivity index (χ4n) is 0.970. The van der Waals surface area contributed by atoms with Crippen LogP contribution in [0.15, 0.2) is 41.2 Å². The number of halogens is 1. The Balaban J connectivity index is 2.48. The lowest BCUT2D eigenvalue weighted by molar-refractivity contribution is 0.703. The standard InChI is InChI=1S/C12H15BrN2/c1-10(2)14-7-4-3-5-12-9-11(13)6-8-15-12/h3-10,14H,1-2H3/b5-3+,7-4+. The molecule has 3 heteroatoms. The molecule has 0 aliphatic heterocycles. The molecule has 0 saturated carbocycles. The highest BCUT2D eigenvalue weighted by Gasteiger charge is 1.88. The Hall–Kier alpha value is -1.09. The van der Waals surface area contributed by atoms with E-state index in [4.69, 9.17) is 0 Å². The fourth-order valence-corrected chi connectivity index (χ4v) is 1.32. The van der Waals surface area contributed by atoms with E-state index < -0.39 is 0 Å². The number of hydrogen-bond acceptors (Lipinski definition) is 2. The second kappa shape index (κ2) is 6.40. The summed E-state index contributed by atoms with van der Waals surface area (Å²) in [5, 5.41) is 3.18. The second-order valence-electron chi connectivity index (χ2n) is 3.44. The first-order valence-electron chi connectivity index (χ1n) is 4.89. The number of rotatable bonds is 4. The van der Waals surface area contributed by atoms with Crippen LogP contribution in [0.2, 0.25) is 0 Å². The molecule has 0 fully saturated rings. The molecule has 1 heterocycles. The number of pyridine rings is 1. The third kappa shape index (κ3) is 5.37. The van der Waals surface area contributed by atoms with Gasteiger partial charge < -0.3 is 5.32 Å². The number of hydrogen-bond donors (Lipinski definition) is 1. The molecule has 2 nitrogen and oxygen atoms in total. The molecule has 1 rings (SSSR count). The van der Waals surface area contributed by atoms with Crippen molar-refractivity contribution in [2.75, 3.05) is 0 Å². The van der Waals surface area contributed by atoms with Gasteiger partial charge in [0.25, 0.3) is 0 Å². The minimum Gasteiger partial charge on any atom is -0.389 e. The van der Waals surface area contributed by atoms with Gasteiger partial charge in [-0.2, -0.15) is 0 Å². The van der Waals surface area contributed by atoms with Gasteiger partial charge in [-0.15, -0.1) is 0 Å². The Kier molecular flexibility index (Phi) is 5.12. The average molecular weight is 267 g/mol. The number of allylic oxidation sites excluding steroid dienone is 2. The first-order valence-corrected chi connectivity index (χ1v) is 5.68. The van der Waals surface area contributed by atoms with Crippen LogP contribution in [0.3, 0.4) is 0 Å². The first-order chi connectivity index (χ1) is 7.18. The van der Waals surface area contributed by atoms with E-state index in [0.29, 0.717) is 6.04 Å². The quantitative estimate of drug-likeness (QED) is 0.846. The number of nitrogens with one attached hydrogen (secondary N) is 1. The Morgan fingerprint density at radius 2 is 2.20 bits per heavy atom. The number of aromatic nitrogens is 1. The molecular weight excluding hydrogens is 252 g/mol. The summed E-state index contributed by atoms with van der Waals surface area (Å²) >= 11 is 3.40. The van der Waals surface area contributed by atoms with E-state index in [1.54, 1.807) is 6.20 Å². The fraction of sp³-hybridized carbons (Fsp3) is 0.250. The molecule has 1 N–H and O–H groups in total. The molecule has 0 amide bonds. The van der Waals surface area contributed by atoms with Gasteiger partial charge in [0.2, 0.25) is 0 Å². The van der Waals surface area contributed by atoms with Gasteiger partial charge in [0.15, 0.2) is 0 Å². The van der Waals surface area contributed by atoms with Gasteiger partial charge in [-0.1, -0.05) is 22.0 Å². The predicted octanol–water partition coefficient (Wildman–Crippen LogP) is 3.37. The molecule has 0 spiro atoms. The molecule has 0 radical (unpaired) electrons. The summed E-state index contributed by atoms with van der Waals surface area (Å²) < 4.78 is 1.04. The molecule has 0 aromatic carbocycles. The highest BCUT2D eigenvalue weighted by Crippen LogP contribution is 2.09. The Labute approximate surface area is 99.2 Å². The van der Waals surface area contributed by atoms with Crippen molar-refractivity contribution in [1.29, 1.82) is 0 Å². The number of nitrogens with zero attached hydrogens (tertiary/aromatic N) is 1. The van der Waals surface area contributed by atoms with Crippen molar-refractivity contribution in [3.63, 3.8) is 0 Å². The molecule has 0 unspecified atom stereocenters. The largest absolute Gasteiger partial charge is 0.389 e. The van der Waals surface area contributed by atoms with Crippen molar-refractivity contribution in [3.8, 4) is 0 Å². The summed E-state index contributed by atoms with van der Waals surface area (Å²) in [6.45, 7) is 4.20. The summed E-state index contributed by atoms with van der Waals surface area (Å²) in [6.07, 6.45) is 9.59. The normalized spacial score (nSPS) is 11.7. The SMILES string of the molecule is CC(C)N/C=C/C=C/c1cc(Br)ccn1. The first kappa shape index (κ1) is 12.0. The van der Waals surface area contributed by atoms with Gasteiger partial charge in [-0.3, -0.25) is 4.98 Å². The van der Waals surface area contributed by atoms with Crippen molar-refractivity contribution in [2.24, 2.45) is 0 Å². The topological polar surface area (TPSA) is 24.9 Å². The highest BCUT2D eigenvalue weighted by atomic mass is 79.9. The molecule has 1 aromatic heterocycles. The van der Waals surface area contributed by atoms with E-state index in [1.807, 2.05) is 36.6 Å². The lowest BCUT2D eigenvalue weighted by Gasteiger charge is -2.00. The smallest absolute Gasteiger partial charge is 0.0640 e. The summed E-state index contributed by atoms with van der Waals surface area (Å²) in [4.78, 5) is 4.20. The third-order valence-corrected chi connectivity index (χ3v) is 2.14. The summed E-state index contributed by atoms with van der Waals surface area (Å²) in [7, 11) is 0. The Morgan fingerprint density at radius 3 is 2.87 bits per heavy atom. The predicted molar refractivity (Wildman–Crippen MR) is 68.4 cm³/mol. The third-order valence-electron chi connectivity index (χ3n) is 1.65. The molecule has 1 aromatic rings. The van der Waals surface area contributed by atoms with Gasteiger partial charge >= 0.3 is 0 Å². The van der Waals surface area contributed by atoms with Gasteiger partial charge in [0.1, 0.15) is 0 Å². The zero-order valence-electron chi connectivity index (χ0n) is 8.94. The molecule has 0 atom stereocenters. The van der Waals surface area contributed by atoms with Crippen LogP contribution in [0.4, 0.5) is 0 Å².